The molecule has 0 spiro atoms. The van der Waals surface area contributed by atoms with E-state index in [-0.39, 0.29) is 5.69 Å². The van der Waals surface area contributed by atoms with Crippen LogP contribution in [0.1, 0.15) is 5.56 Å². The highest BCUT2D eigenvalue weighted by Gasteiger charge is 2.11. The van der Waals surface area contributed by atoms with E-state index in [1.165, 1.54) is 12.1 Å². The number of fused-ring (bicyclic) bond motifs is 3. The van der Waals surface area contributed by atoms with Crippen LogP contribution in [0.25, 0.3) is 16.8 Å². The van der Waals surface area contributed by atoms with Gasteiger partial charge in [0, 0.05) is 17.8 Å². The molecule has 24 heavy (non-hydrogen) atoms. The summed E-state index contributed by atoms with van der Waals surface area (Å²) >= 11 is 0. The Kier molecular flexibility index (Phi) is 2.89. The number of nitro groups is 1. The lowest BCUT2D eigenvalue weighted by atomic mass is 10.2. The van der Waals surface area contributed by atoms with E-state index in [4.69, 9.17) is 5.26 Å². The second-order valence-corrected chi connectivity index (χ2v) is 5.07. The van der Waals surface area contributed by atoms with Crippen LogP contribution >= 0.6 is 0 Å². The van der Waals surface area contributed by atoms with Crippen LogP contribution in [0.4, 0.5) is 17.3 Å². The molecule has 0 saturated heterocycles. The van der Waals surface area contributed by atoms with Crippen molar-refractivity contribution in [3.8, 4) is 6.07 Å². The summed E-state index contributed by atoms with van der Waals surface area (Å²) in [5.41, 5.74) is 2.50. The molecule has 0 aliphatic heterocycles. The third-order valence-corrected chi connectivity index (χ3v) is 3.52. The van der Waals surface area contributed by atoms with Crippen molar-refractivity contribution in [3.63, 3.8) is 0 Å². The molecule has 0 radical (unpaired) electrons. The number of aromatic amines is 1. The quantitative estimate of drug-likeness (QED) is 0.442. The van der Waals surface area contributed by atoms with Gasteiger partial charge < -0.3 is 5.32 Å². The van der Waals surface area contributed by atoms with Crippen molar-refractivity contribution >= 4 is 34.1 Å². The van der Waals surface area contributed by atoms with Gasteiger partial charge in [-0.3, -0.25) is 15.2 Å². The number of H-pyrrole nitrogens is 1. The second-order valence-electron chi connectivity index (χ2n) is 5.07. The third-order valence-electron chi connectivity index (χ3n) is 3.52. The van der Waals surface area contributed by atoms with Gasteiger partial charge in [-0.1, -0.05) is 6.07 Å². The van der Waals surface area contributed by atoms with Crippen LogP contribution in [0.3, 0.4) is 0 Å². The molecule has 0 atom stereocenters. The summed E-state index contributed by atoms with van der Waals surface area (Å²) < 4.78 is 1.68. The molecule has 0 aliphatic rings. The van der Waals surface area contributed by atoms with E-state index in [1.54, 1.807) is 34.8 Å². The summed E-state index contributed by atoms with van der Waals surface area (Å²) in [7, 11) is 0. The first-order chi connectivity index (χ1) is 11.6. The molecule has 2 heterocycles. The maximum Gasteiger partial charge on any atom is 0.271 e. The van der Waals surface area contributed by atoms with Gasteiger partial charge in [0.1, 0.15) is 0 Å². The molecule has 2 aromatic heterocycles. The molecule has 116 valence electrons. The van der Waals surface area contributed by atoms with Crippen molar-refractivity contribution in [3.05, 3.63) is 58.1 Å². The molecular formula is C15H9N7O2. The summed E-state index contributed by atoms with van der Waals surface area (Å²) in [6, 6.07) is 13.4. The maximum atomic E-state index is 10.8. The van der Waals surface area contributed by atoms with Crippen molar-refractivity contribution in [1.29, 1.82) is 5.26 Å². The Morgan fingerprint density at radius 1 is 1.25 bits per heavy atom. The minimum atomic E-state index is -0.458. The molecule has 0 aliphatic carbocycles. The summed E-state index contributed by atoms with van der Waals surface area (Å²) in [4.78, 5) is 19.0. The first-order valence-electron chi connectivity index (χ1n) is 6.94. The van der Waals surface area contributed by atoms with Gasteiger partial charge in [-0.15, -0.1) is 0 Å². The van der Waals surface area contributed by atoms with E-state index in [2.05, 4.69) is 26.5 Å². The maximum absolute atomic E-state index is 10.8. The lowest BCUT2D eigenvalue weighted by Crippen LogP contribution is -1.95. The Labute approximate surface area is 134 Å². The lowest BCUT2D eigenvalue weighted by molar-refractivity contribution is -0.384. The minimum Gasteiger partial charge on any atom is -0.324 e. The average molecular weight is 319 g/mol. The van der Waals surface area contributed by atoms with E-state index in [9.17, 15) is 10.1 Å². The predicted octanol–water partition coefficient (Wildman–Crippen LogP) is 2.73. The molecule has 9 heteroatoms. The van der Waals surface area contributed by atoms with E-state index < -0.39 is 4.92 Å². The van der Waals surface area contributed by atoms with Gasteiger partial charge in [-0.05, 0) is 24.3 Å². The normalized spacial score (nSPS) is 10.8. The number of nitrogens with zero attached hydrogens (tertiary/aromatic N) is 5. The Bertz CT molecular complexity index is 1140. The number of nitriles is 1. The zero-order valence-electron chi connectivity index (χ0n) is 12.1. The van der Waals surface area contributed by atoms with Crippen molar-refractivity contribution in [2.24, 2.45) is 0 Å². The van der Waals surface area contributed by atoms with Gasteiger partial charge in [-0.25, -0.2) is 9.50 Å². The van der Waals surface area contributed by atoms with Gasteiger partial charge in [0.25, 0.3) is 11.5 Å². The molecule has 0 saturated carbocycles. The highest BCUT2D eigenvalue weighted by molar-refractivity contribution is 5.81. The fraction of sp³-hybridized carbons (Fsp3) is 0. The highest BCUT2D eigenvalue weighted by atomic mass is 16.6. The summed E-state index contributed by atoms with van der Waals surface area (Å²) in [6.07, 6.45) is 0. The number of non-ortho nitro benzene ring substituents is 1. The Morgan fingerprint density at radius 3 is 2.92 bits per heavy atom. The van der Waals surface area contributed by atoms with Crippen LogP contribution in [0, 0.1) is 21.4 Å². The van der Waals surface area contributed by atoms with Crippen molar-refractivity contribution in [2.45, 2.75) is 0 Å². The van der Waals surface area contributed by atoms with Gasteiger partial charge in [0.2, 0.25) is 5.95 Å². The molecule has 0 amide bonds. The average Bonchev–Trinajstić information content (AvgIpc) is 3.11. The molecule has 2 aromatic carbocycles. The van der Waals surface area contributed by atoms with Crippen LogP contribution in [0.2, 0.25) is 0 Å². The van der Waals surface area contributed by atoms with Crippen LogP contribution in [-0.2, 0) is 0 Å². The van der Waals surface area contributed by atoms with E-state index in [1.807, 2.05) is 0 Å². The molecule has 0 fully saturated rings. The van der Waals surface area contributed by atoms with Crippen molar-refractivity contribution in [2.75, 3.05) is 5.32 Å². The molecule has 4 aromatic rings. The smallest absolute Gasteiger partial charge is 0.271 e. The number of benzene rings is 2. The number of hydrogen-bond donors (Lipinski definition) is 2. The van der Waals surface area contributed by atoms with Crippen LogP contribution < -0.4 is 5.32 Å². The minimum absolute atomic E-state index is 0.00850. The van der Waals surface area contributed by atoms with E-state index >= 15 is 0 Å². The summed E-state index contributed by atoms with van der Waals surface area (Å²) in [6.45, 7) is 0. The molecular weight excluding hydrogens is 310 g/mol. The molecule has 9 nitrogen and oxygen atoms in total. The first-order valence-corrected chi connectivity index (χ1v) is 6.94. The second kappa shape index (κ2) is 5.06. The standard InChI is InChI=1S/C15H9N7O2/c16-8-9-4-5-13-12(6-9)18-15-19-14(20-21(13)15)17-10-2-1-3-11(7-10)22(23)24/h1-7H,(H2,17,18,19,20). The number of nitrogens with one attached hydrogen (secondary N) is 2. The topological polar surface area (TPSA) is 125 Å². The molecule has 2 N–H and O–H groups in total. The largest absolute Gasteiger partial charge is 0.324 e. The van der Waals surface area contributed by atoms with Crippen molar-refractivity contribution in [1.82, 2.24) is 19.6 Å². The third kappa shape index (κ3) is 2.19. The zero-order chi connectivity index (χ0) is 16.7. The fourth-order valence-electron chi connectivity index (χ4n) is 2.44. The first kappa shape index (κ1) is 13.7. The molecule has 0 unspecified atom stereocenters. The zero-order valence-corrected chi connectivity index (χ0v) is 12.1. The van der Waals surface area contributed by atoms with Crippen molar-refractivity contribution < 1.29 is 4.92 Å². The van der Waals surface area contributed by atoms with Crippen LogP contribution in [0.15, 0.2) is 42.5 Å². The van der Waals surface area contributed by atoms with E-state index in [0.717, 1.165) is 5.52 Å². The summed E-state index contributed by atoms with van der Waals surface area (Å²) in [5.74, 6) is 0.845. The molecule has 4 rings (SSSR count). The van der Waals surface area contributed by atoms with E-state index in [0.29, 0.717) is 28.5 Å². The monoisotopic (exact) mass is 319 g/mol. The summed E-state index contributed by atoms with van der Waals surface area (Å²) in [5, 5.41) is 25.8. The number of hydrogen-bond acceptors (Lipinski definition) is 6. The number of anilines is 2. The fourth-order valence-corrected chi connectivity index (χ4v) is 2.44. The number of rotatable bonds is 3. The molecule has 0 bridgehead atoms. The Morgan fingerprint density at radius 2 is 2.12 bits per heavy atom. The SMILES string of the molecule is N#Cc1ccc2c(c1)nc1nc(Nc3cccc([N+](=O)[O-])c3)[nH]n12. The van der Waals surface area contributed by atoms with Gasteiger partial charge in [0.05, 0.1) is 27.6 Å². The Hall–Kier alpha value is -3.93. The number of imidazole rings is 1. The number of nitro benzene ring substituents is 1. The van der Waals surface area contributed by atoms with Crippen LogP contribution in [-0.4, -0.2) is 24.5 Å². The van der Waals surface area contributed by atoms with Crippen LogP contribution in [0.5, 0.6) is 0 Å². The lowest BCUT2D eigenvalue weighted by Gasteiger charge is -2.01. The highest BCUT2D eigenvalue weighted by Crippen LogP contribution is 2.22. The van der Waals surface area contributed by atoms with Gasteiger partial charge in [0.15, 0.2) is 0 Å². The Balaban J connectivity index is 1.72. The van der Waals surface area contributed by atoms with Gasteiger partial charge >= 0.3 is 0 Å². The van der Waals surface area contributed by atoms with Gasteiger partial charge in [-0.2, -0.15) is 10.2 Å². The predicted molar refractivity (Wildman–Crippen MR) is 85.9 cm³/mol. The number of aromatic nitrogens is 4.